The van der Waals surface area contributed by atoms with Crippen molar-refractivity contribution < 1.29 is 9.53 Å². The van der Waals surface area contributed by atoms with Crippen molar-refractivity contribution in [1.82, 2.24) is 9.88 Å². The zero-order valence-electron chi connectivity index (χ0n) is 7.30. The van der Waals surface area contributed by atoms with Gasteiger partial charge in [0, 0.05) is 19.4 Å². The molecule has 0 aromatic carbocycles. The minimum absolute atomic E-state index is 0.138. The molecule has 0 radical (unpaired) electrons. The molecule has 1 aromatic rings. The lowest BCUT2D eigenvalue weighted by Crippen LogP contribution is -2.17. The predicted molar refractivity (Wildman–Crippen MR) is 46.1 cm³/mol. The monoisotopic (exact) mass is 178 g/mol. The summed E-state index contributed by atoms with van der Waals surface area (Å²) in [6.45, 7) is 0.614. The molecule has 1 aromatic heterocycles. The van der Waals surface area contributed by atoms with E-state index in [0.29, 0.717) is 6.54 Å². The Morgan fingerprint density at radius 3 is 2.77 bits per heavy atom. The van der Waals surface area contributed by atoms with Crippen LogP contribution in [0.1, 0.15) is 11.7 Å². The van der Waals surface area contributed by atoms with Crippen LogP contribution in [0.25, 0.3) is 0 Å². The van der Waals surface area contributed by atoms with Crippen LogP contribution in [0.3, 0.4) is 0 Å². The zero-order valence-corrected chi connectivity index (χ0v) is 7.30. The molecule has 1 unspecified atom stereocenters. The molecule has 2 rings (SSSR count). The van der Waals surface area contributed by atoms with E-state index in [4.69, 9.17) is 4.74 Å². The fourth-order valence-electron chi connectivity index (χ4n) is 1.32. The number of cyclic esters (lactones) is 1. The van der Waals surface area contributed by atoms with Crippen LogP contribution < -0.4 is 0 Å². The highest BCUT2D eigenvalue weighted by Gasteiger charge is 2.29. The van der Waals surface area contributed by atoms with Gasteiger partial charge in [0.2, 0.25) is 0 Å². The molecular weight excluding hydrogens is 168 g/mol. The maximum Gasteiger partial charge on any atom is 0.410 e. The van der Waals surface area contributed by atoms with Gasteiger partial charge in [-0.05, 0) is 17.7 Å². The molecule has 0 N–H and O–H groups in total. The van der Waals surface area contributed by atoms with Gasteiger partial charge in [0.1, 0.15) is 6.10 Å². The van der Waals surface area contributed by atoms with E-state index in [-0.39, 0.29) is 12.2 Å². The number of likely N-dealkylation sites (N-methyl/N-ethyl adjacent to an activating group) is 1. The maximum absolute atomic E-state index is 11.0. The summed E-state index contributed by atoms with van der Waals surface area (Å²) in [7, 11) is 1.73. The minimum atomic E-state index is -0.262. The van der Waals surface area contributed by atoms with Crippen LogP contribution >= 0.6 is 0 Å². The summed E-state index contributed by atoms with van der Waals surface area (Å²) in [4.78, 5) is 16.5. The Balaban J connectivity index is 2.17. The quantitative estimate of drug-likeness (QED) is 0.649. The second-order valence-electron chi connectivity index (χ2n) is 3.03. The first-order valence-electron chi connectivity index (χ1n) is 4.09. The van der Waals surface area contributed by atoms with Crippen molar-refractivity contribution in [3.8, 4) is 0 Å². The molecule has 1 atom stereocenters. The van der Waals surface area contributed by atoms with E-state index in [9.17, 15) is 4.79 Å². The van der Waals surface area contributed by atoms with Gasteiger partial charge < -0.3 is 9.64 Å². The van der Waals surface area contributed by atoms with E-state index in [2.05, 4.69) is 4.98 Å². The van der Waals surface area contributed by atoms with Crippen LogP contribution in [0.15, 0.2) is 24.5 Å². The van der Waals surface area contributed by atoms with Crippen molar-refractivity contribution >= 4 is 6.09 Å². The average Bonchev–Trinajstić information content (AvgIpc) is 2.49. The van der Waals surface area contributed by atoms with Gasteiger partial charge in [0.05, 0.1) is 6.54 Å². The van der Waals surface area contributed by atoms with Crippen LogP contribution in [0.4, 0.5) is 4.79 Å². The molecule has 68 valence electrons. The molecule has 13 heavy (non-hydrogen) atoms. The van der Waals surface area contributed by atoms with E-state index in [1.807, 2.05) is 12.1 Å². The van der Waals surface area contributed by atoms with Crippen LogP contribution in [0, 0.1) is 0 Å². The Morgan fingerprint density at radius 1 is 1.54 bits per heavy atom. The third kappa shape index (κ3) is 1.47. The highest BCUT2D eigenvalue weighted by Crippen LogP contribution is 2.23. The summed E-state index contributed by atoms with van der Waals surface area (Å²) < 4.78 is 5.12. The molecule has 1 aliphatic heterocycles. The second kappa shape index (κ2) is 3.05. The number of pyridine rings is 1. The Morgan fingerprint density at radius 2 is 2.23 bits per heavy atom. The summed E-state index contributed by atoms with van der Waals surface area (Å²) in [6.07, 6.45) is 2.99. The normalized spacial score (nSPS) is 21.8. The second-order valence-corrected chi connectivity index (χ2v) is 3.03. The largest absolute Gasteiger partial charge is 0.439 e. The number of carbonyl (C=O) groups is 1. The van der Waals surface area contributed by atoms with Crippen molar-refractivity contribution in [3.63, 3.8) is 0 Å². The molecule has 1 fully saturated rings. The van der Waals surface area contributed by atoms with Crippen LogP contribution in [0.2, 0.25) is 0 Å². The van der Waals surface area contributed by atoms with Gasteiger partial charge in [-0.3, -0.25) is 4.98 Å². The van der Waals surface area contributed by atoms with Gasteiger partial charge in [-0.25, -0.2) is 4.79 Å². The van der Waals surface area contributed by atoms with E-state index in [1.54, 1.807) is 24.3 Å². The number of hydrogen-bond donors (Lipinski definition) is 0. The number of ether oxygens (including phenoxy) is 1. The van der Waals surface area contributed by atoms with Crippen molar-refractivity contribution in [2.75, 3.05) is 13.6 Å². The number of hydrogen-bond acceptors (Lipinski definition) is 3. The van der Waals surface area contributed by atoms with Crippen molar-refractivity contribution in [2.45, 2.75) is 6.10 Å². The highest BCUT2D eigenvalue weighted by molar-refractivity contribution is 5.69. The van der Waals surface area contributed by atoms with Crippen molar-refractivity contribution in [1.29, 1.82) is 0 Å². The minimum Gasteiger partial charge on any atom is -0.439 e. The van der Waals surface area contributed by atoms with Gasteiger partial charge in [0.25, 0.3) is 0 Å². The molecule has 0 bridgehead atoms. The Bertz CT molecular complexity index is 313. The summed E-state index contributed by atoms with van der Waals surface area (Å²) >= 11 is 0. The average molecular weight is 178 g/mol. The number of aromatic nitrogens is 1. The Labute approximate surface area is 76.1 Å². The molecule has 1 amide bonds. The van der Waals surface area contributed by atoms with E-state index >= 15 is 0 Å². The van der Waals surface area contributed by atoms with Crippen molar-refractivity contribution in [3.05, 3.63) is 30.1 Å². The first kappa shape index (κ1) is 8.04. The topological polar surface area (TPSA) is 42.4 Å². The molecule has 4 nitrogen and oxygen atoms in total. The van der Waals surface area contributed by atoms with Gasteiger partial charge in [0.15, 0.2) is 0 Å². The Hall–Kier alpha value is -1.58. The highest BCUT2D eigenvalue weighted by atomic mass is 16.6. The zero-order chi connectivity index (χ0) is 9.26. The van der Waals surface area contributed by atoms with E-state index < -0.39 is 0 Å². The number of rotatable bonds is 1. The fraction of sp³-hybridized carbons (Fsp3) is 0.333. The molecule has 0 aliphatic carbocycles. The van der Waals surface area contributed by atoms with E-state index in [1.165, 1.54) is 0 Å². The fourth-order valence-corrected chi connectivity index (χ4v) is 1.32. The van der Waals surface area contributed by atoms with Gasteiger partial charge >= 0.3 is 6.09 Å². The maximum atomic E-state index is 11.0. The predicted octanol–water partition coefficient (Wildman–Crippen LogP) is 1.20. The summed E-state index contributed by atoms with van der Waals surface area (Å²) in [5.41, 5.74) is 0.993. The molecule has 1 saturated heterocycles. The third-order valence-corrected chi connectivity index (χ3v) is 2.07. The van der Waals surface area contributed by atoms with Gasteiger partial charge in [-0.15, -0.1) is 0 Å². The number of nitrogens with zero attached hydrogens (tertiary/aromatic N) is 2. The SMILES string of the molecule is CN1CC(c2ccncc2)OC1=O. The number of carbonyl (C=O) groups excluding carboxylic acids is 1. The van der Waals surface area contributed by atoms with E-state index in [0.717, 1.165) is 5.56 Å². The first-order chi connectivity index (χ1) is 6.27. The molecule has 4 heteroatoms. The summed E-state index contributed by atoms with van der Waals surface area (Å²) in [5.74, 6) is 0. The van der Waals surface area contributed by atoms with Gasteiger partial charge in [-0.1, -0.05) is 0 Å². The van der Waals surface area contributed by atoms with Crippen LogP contribution in [-0.4, -0.2) is 29.6 Å². The lowest BCUT2D eigenvalue weighted by atomic mass is 10.1. The molecule has 2 heterocycles. The van der Waals surface area contributed by atoms with Crippen LogP contribution in [0.5, 0.6) is 0 Å². The lowest BCUT2D eigenvalue weighted by molar-refractivity contribution is 0.135. The van der Waals surface area contributed by atoms with Crippen molar-refractivity contribution in [2.24, 2.45) is 0 Å². The Kier molecular flexibility index (Phi) is 1.88. The molecule has 0 saturated carbocycles. The standard InChI is InChI=1S/C9H10N2O2/c1-11-6-8(13-9(11)12)7-2-4-10-5-3-7/h2-5,8H,6H2,1H3. The smallest absolute Gasteiger partial charge is 0.410 e. The van der Waals surface area contributed by atoms with Gasteiger partial charge in [-0.2, -0.15) is 0 Å². The molecule has 1 aliphatic rings. The summed E-state index contributed by atoms with van der Waals surface area (Å²) in [6, 6.07) is 3.72. The number of amides is 1. The third-order valence-electron chi connectivity index (χ3n) is 2.07. The summed E-state index contributed by atoms with van der Waals surface area (Å²) in [5, 5.41) is 0. The van der Waals surface area contributed by atoms with Crippen LogP contribution in [-0.2, 0) is 4.74 Å². The molecule has 0 spiro atoms. The lowest BCUT2D eigenvalue weighted by Gasteiger charge is -2.06. The molecular formula is C9H10N2O2. The first-order valence-corrected chi connectivity index (χ1v) is 4.09.